The van der Waals surface area contributed by atoms with Gasteiger partial charge in [-0.15, -0.1) is 0 Å². The lowest BCUT2D eigenvalue weighted by atomic mass is 10.0. The van der Waals surface area contributed by atoms with Crippen LogP contribution in [0.1, 0.15) is 5.56 Å². The van der Waals surface area contributed by atoms with Gasteiger partial charge in [-0.2, -0.15) is 16.8 Å². The third-order valence-corrected chi connectivity index (χ3v) is 5.05. The Bertz CT molecular complexity index is 983. The molecule has 0 aliphatic rings. The molecule has 8 nitrogen and oxygen atoms in total. The highest BCUT2D eigenvalue weighted by molar-refractivity contribution is 7.86. The number of benzene rings is 2. The van der Waals surface area contributed by atoms with Crippen molar-refractivity contribution in [2.24, 2.45) is 0 Å². The summed E-state index contributed by atoms with van der Waals surface area (Å²) >= 11 is 0. The quantitative estimate of drug-likeness (QED) is 0.475. The topological polar surface area (TPSA) is 141 Å². The zero-order chi connectivity index (χ0) is 16.9. The van der Waals surface area contributed by atoms with Gasteiger partial charge in [-0.05, 0) is 25.1 Å². The summed E-state index contributed by atoms with van der Waals surface area (Å²) in [6.45, 7) is 1.22. The highest BCUT2D eigenvalue weighted by Gasteiger charge is 2.24. The molecule has 0 aliphatic carbocycles. The summed E-state index contributed by atoms with van der Waals surface area (Å²) in [5.41, 5.74) is -0.0936. The molecule has 0 amide bonds. The van der Waals surface area contributed by atoms with E-state index < -0.39 is 35.8 Å². The predicted octanol–water partition coefficient (Wildman–Crippen LogP) is 0.843. The number of fused-ring (bicyclic) bond motifs is 1. The van der Waals surface area contributed by atoms with Gasteiger partial charge in [0.15, 0.2) is 0 Å². The zero-order valence-electron chi connectivity index (χ0n) is 11.1. The van der Waals surface area contributed by atoms with Gasteiger partial charge >= 0.3 is 0 Å². The minimum absolute atomic E-state index is 0.102. The van der Waals surface area contributed by atoms with Gasteiger partial charge in [-0.25, -0.2) is 0 Å². The Balaban J connectivity index is 3.16. The summed E-state index contributed by atoms with van der Waals surface area (Å²) in [6.07, 6.45) is 0. The lowest BCUT2D eigenvalue weighted by molar-refractivity contribution is 0.466. The van der Waals surface area contributed by atoms with Gasteiger partial charge in [0.1, 0.15) is 15.5 Å². The van der Waals surface area contributed by atoms with Crippen molar-refractivity contribution in [1.82, 2.24) is 0 Å². The van der Waals surface area contributed by atoms with Crippen molar-refractivity contribution < 1.29 is 31.0 Å². The van der Waals surface area contributed by atoms with Gasteiger partial charge in [0, 0.05) is 22.0 Å². The summed E-state index contributed by atoms with van der Waals surface area (Å²) in [5.74, 6) is -0.594. The molecule has 2 aromatic carbocycles. The molecule has 2 rings (SSSR count). The summed E-state index contributed by atoms with van der Waals surface area (Å²) in [6, 6.07) is 3.01. The van der Waals surface area contributed by atoms with Crippen molar-refractivity contribution in [2.75, 3.05) is 5.23 Å². The van der Waals surface area contributed by atoms with E-state index in [9.17, 15) is 31.0 Å². The molecule has 0 spiro atoms. The van der Waals surface area contributed by atoms with Crippen LogP contribution in [-0.2, 0) is 20.2 Å². The number of aromatic hydroxyl groups is 1. The van der Waals surface area contributed by atoms with Crippen LogP contribution in [0.3, 0.4) is 0 Å². The second-order valence-corrected chi connectivity index (χ2v) is 7.26. The molecule has 0 heterocycles. The molecule has 0 fully saturated rings. The van der Waals surface area contributed by atoms with Crippen molar-refractivity contribution in [2.45, 2.75) is 16.7 Å². The van der Waals surface area contributed by atoms with Crippen LogP contribution < -0.4 is 5.23 Å². The highest BCUT2D eigenvalue weighted by atomic mass is 32.2. The third-order valence-electron chi connectivity index (χ3n) is 3.15. The van der Waals surface area contributed by atoms with Crippen LogP contribution in [0.5, 0.6) is 5.75 Å². The molecule has 22 heavy (non-hydrogen) atoms. The number of phenols is 1. The fraction of sp³-hybridized carbons (Fsp3) is 0.0909. The minimum Gasteiger partial charge on any atom is -0.507 e. The van der Waals surface area contributed by atoms with Gasteiger partial charge < -0.3 is 10.3 Å². The molecule has 0 bridgehead atoms. The molecule has 116 valence electrons. The summed E-state index contributed by atoms with van der Waals surface area (Å²) in [4.78, 5) is -1.32. The molecule has 2 aromatic rings. The Morgan fingerprint density at radius 3 is 2.05 bits per heavy atom. The van der Waals surface area contributed by atoms with Gasteiger partial charge in [0.25, 0.3) is 20.2 Å². The lowest BCUT2D eigenvalue weighted by Gasteiger charge is -2.15. The third kappa shape index (κ3) is 2.63. The van der Waals surface area contributed by atoms with Crippen LogP contribution in [0.25, 0.3) is 10.8 Å². The Hall–Kier alpha value is -1.82. The molecule has 4 N–H and O–H groups in total. The first kappa shape index (κ1) is 16.6. The largest absolute Gasteiger partial charge is 0.507 e. The standard InChI is InChI=1S/C11H10BNO7S2/c1-5-9(22(18,19)20)4-6-8(21(15,16)17)3-2-7(13-12)10(6)11(5)14/h2-4,13-14H,1H3,(H,15,16,17)(H,18,19,20). The fourth-order valence-corrected chi connectivity index (χ4v) is 3.58. The average Bonchev–Trinajstić information content (AvgIpc) is 2.38. The second kappa shape index (κ2) is 5.12. The van der Waals surface area contributed by atoms with E-state index in [1.54, 1.807) is 0 Å². The van der Waals surface area contributed by atoms with E-state index in [2.05, 4.69) is 5.23 Å². The van der Waals surface area contributed by atoms with Crippen molar-refractivity contribution in [3.8, 4) is 5.75 Å². The molecule has 11 heteroatoms. The van der Waals surface area contributed by atoms with Crippen molar-refractivity contribution in [3.05, 3.63) is 23.8 Å². The first-order valence-corrected chi connectivity index (χ1v) is 8.57. The van der Waals surface area contributed by atoms with Crippen LogP contribution in [0.15, 0.2) is 28.0 Å². The Morgan fingerprint density at radius 2 is 1.59 bits per heavy atom. The monoisotopic (exact) mass is 343 g/mol. The van der Waals surface area contributed by atoms with Gasteiger partial charge in [0.05, 0.1) is 0 Å². The number of anilines is 1. The predicted molar refractivity (Wildman–Crippen MR) is 79.4 cm³/mol. The highest BCUT2D eigenvalue weighted by Crippen LogP contribution is 2.40. The molecule has 0 saturated carbocycles. The minimum atomic E-state index is -4.72. The number of nitrogens with one attached hydrogen (secondary N) is 1. The second-order valence-electron chi connectivity index (χ2n) is 4.48. The SMILES string of the molecule is [B]Nc1ccc(S(=O)(=O)O)c2cc(S(=O)(=O)O)c(C)c(O)c12. The molecule has 0 aliphatic heterocycles. The molecule has 0 saturated heterocycles. The normalized spacial score (nSPS) is 12.5. The van der Waals surface area contributed by atoms with Crippen molar-refractivity contribution in [3.63, 3.8) is 0 Å². The lowest BCUT2D eigenvalue weighted by Crippen LogP contribution is -2.05. The van der Waals surface area contributed by atoms with E-state index in [-0.39, 0.29) is 22.0 Å². The van der Waals surface area contributed by atoms with Crippen molar-refractivity contribution in [1.29, 1.82) is 0 Å². The Kier molecular flexibility index (Phi) is 3.86. The molecule has 0 atom stereocenters. The number of hydrogen-bond donors (Lipinski definition) is 4. The first-order chi connectivity index (χ1) is 9.98. The van der Waals surface area contributed by atoms with Gasteiger partial charge in [0.2, 0.25) is 7.98 Å². The maximum absolute atomic E-state index is 11.4. The fourth-order valence-electron chi connectivity index (χ4n) is 2.16. The van der Waals surface area contributed by atoms with E-state index >= 15 is 0 Å². The van der Waals surface area contributed by atoms with Crippen LogP contribution in [0.4, 0.5) is 5.69 Å². The molecule has 0 aromatic heterocycles. The zero-order valence-corrected chi connectivity index (χ0v) is 12.7. The summed E-state index contributed by atoms with van der Waals surface area (Å²) in [7, 11) is -4.14. The van der Waals surface area contributed by atoms with Crippen molar-refractivity contribution >= 4 is 44.7 Å². The molecular weight excluding hydrogens is 333 g/mol. The average molecular weight is 343 g/mol. The smallest absolute Gasteiger partial charge is 0.295 e. The first-order valence-electron chi connectivity index (χ1n) is 5.69. The van der Waals surface area contributed by atoms with Crippen LogP contribution in [0, 0.1) is 6.92 Å². The van der Waals surface area contributed by atoms with Crippen LogP contribution >= 0.6 is 0 Å². The number of hydrogen-bond acceptors (Lipinski definition) is 6. The maximum Gasteiger partial charge on any atom is 0.295 e. The number of phenolic OH excluding ortho intramolecular Hbond substituents is 1. The van der Waals surface area contributed by atoms with Gasteiger partial charge in [-0.1, -0.05) is 0 Å². The molecule has 2 radical (unpaired) electrons. The number of rotatable bonds is 3. The van der Waals surface area contributed by atoms with E-state index in [0.717, 1.165) is 12.1 Å². The Morgan fingerprint density at radius 1 is 1.05 bits per heavy atom. The van der Waals surface area contributed by atoms with Crippen LogP contribution in [-0.4, -0.2) is 39.0 Å². The summed E-state index contributed by atoms with van der Waals surface area (Å²) < 4.78 is 64.0. The van der Waals surface area contributed by atoms with E-state index in [1.165, 1.54) is 13.0 Å². The van der Waals surface area contributed by atoms with E-state index in [4.69, 9.17) is 7.98 Å². The van der Waals surface area contributed by atoms with E-state index in [1.807, 2.05) is 0 Å². The molecule has 0 unspecified atom stereocenters. The Labute approximate surface area is 127 Å². The maximum atomic E-state index is 11.4. The molecular formula is C11H10BNO7S2. The van der Waals surface area contributed by atoms with E-state index in [0.29, 0.717) is 0 Å². The van der Waals surface area contributed by atoms with Crippen LogP contribution in [0.2, 0.25) is 0 Å². The van der Waals surface area contributed by atoms with Gasteiger partial charge in [-0.3, -0.25) is 9.11 Å². The summed E-state index contributed by atoms with van der Waals surface area (Å²) in [5, 5.41) is 12.0.